The Bertz CT molecular complexity index is 7980. The summed E-state index contributed by atoms with van der Waals surface area (Å²) >= 11 is 6.92. The number of imidazole rings is 1. The number of ether oxygens (including phenoxy) is 2. The maximum Gasteiger partial charge on any atom is 0.219 e. The zero-order valence-electron chi connectivity index (χ0n) is 81.7. The molecule has 0 radical (unpaired) electrons. The van der Waals surface area contributed by atoms with Crippen molar-refractivity contribution in [1.82, 2.24) is 74.3 Å². The number of hydrogen-bond donors (Lipinski definition) is 7. The Kier molecular flexibility index (Phi) is 35.9. The third-order valence-corrected chi connectivity index (χ3v) is 38.7. The van der Waals surface area contributed by atoms with Crippen LogP contribution in [0.15, 0.2) is 259 Å². The lowest BCUT2D eigenvalue weighted by Crippen LogP contribution is -2.02. The molecule has 0 aliphatic heterocycles. The van der Waals surface area contributed by atoms with E-state index in [4.69, 9.17) is 74.5 Å². The largest absolute Gasteiger partial charge is 0.396 e. The first kappa shape index (κ1) is 106. The summed E-state index contributed by atoms with van der Waals surface area (Å²) in [6, 6.07) is 49.8. The summed E-state index contributed by atoms with van der Waals surface area (Å²) in [5, 5.41) is 4.01. The van der Waals surface area contributed by atoms with Gasteiger partial charge in [-0.1, -0.05) is 125 Å². The summed E-state index contributed by atoms with van der Waals surface area (Å²) in [6.07, 6.45) is 29.6. The van der Waals surface area contributed by atoms with Gasteiger partial charge in [-0.15, -0.1) is 56.7 Å². The van der Waals surface area contributed by atoms with Crippen LogP contribution < -0.4 is 40.1 Å². The number of pyridine rings is 9. The monoisotopic (exact) mass is 2150 g/mol. The minimum absolute atomic E-state index is 0.206. The number of nitrogens with two attached hydrogens (primary N) is 7. The van der Waals surface area contributed by atoms with Crippen molar-refractivity contribution in [2.24, 2.45) is 7.05 Å². The van der Waals surface area contributed by atoms with Crippen LogP contribution in [0.25, 0.3) is 163 Å². The van der Waals surface area contributed by atoms with Gasteiger partial charge in [0.15, 0.2) is 0 Å². The second-order valence-corrected chi connectivity index (χ2v) is 47.6. The number of rotatable bonds is 32. The molecule has 29 nitrogen and oxygen atoms in total. The summed E-state index contributed by atoms with van der Waals surface area (Å²) in [5.41, 5.74) is 64.2. The van der Waals surface area contributed by atoms with E-state index in [2.05, 4.69) is 65.6 Å². The molecule has 0 bridgehead atoms. The van der Waals surface area contributed by atoms with Crippen LogP contribution in [0.2, 0.25) is 0 Å². The van der Waals surface area contributed by atoms with Crippen LogP contribution in [-0.4, -0.2) is 152 Å². The van der Waals surface area contributed by atoms with E-state index in [1.807, 2.05) is 178 Å². The maximum absolute atomic E-state index is 14.7. The van der Waals surface area contributed by atoms with Gasteiger partial charge in [0.1, 0.15) is 56.8 Å². The number of methoxy groups -OCH3 is 2. The first-order valence-electron chi connectivity index (χ1n) is 47.0. The number of unbranched alkanes of at least 4 members (excludes halogenated alkanes) is 3. The maximum atomic E-state index is 14.7. The van der Waals surface area contributed by atoms with Gasteiger partial charge in [0, 0.05) is 209 Å². The van der Waals surface area contributed by atoms with Gasteiger partial charge in [-0.2, -0.15) is 0 Å². The Labute approximate surface area is 881 Å². The van der Waals surface area contributed by atoms with E-state index in [9.17, 15) is 25.4 Å². The van der Waals surface area contributed by atoms with Gasteiger partial charge in [-0.25, -0.2) is 54.2 Å². The van der Waals surface area contributed by atoms with Crippen LogP contribution in [0.5, 0.6) is 0 Å². The van der Waals surface area contributed by atoms with E-state index < -0.39 is 54.0 Å². The van der Waals surface area contributed by atoms with Gasteiger partial charge < -0.3 is 54.2 Å². The third kappa shape index (κ3) is 24.4. The van der Waals surface area contributed by atoms with Crippen molar-refractivity contribution in [3.63, 3.8) is 0 Å². The van der Waals surface area contributed by atoms with E-state index in [0.717, 1.165) is 175 Å². The van der Waals surface area contributed by atoms with Crippen LogP contribution in [-0.2, 0) is 70.5 Å². The topological polar surface area (TPSA) is 471 Å². The molecule has 754 valence electrons. The SMILES string of the molecule is CCCCS(=O)c1sc2nc(-c3cccnc3)cc(-c3ccccc3F)c2c1N.CCCCS(=O)c1sc2nc(-c3cccnc3)cc(-c3cccnc3)c2c1N.CCCCS(=O)c1sc2nc(-c3cnccc3C)cc(-c3cnc(C)n3C)c2c1N.COCCC[S@@](=O)c1sc2nc(-c3cnc(N)nc3)cc(-c3ccccc3)c2c1N.COCCC[S@](=O)c1sc2nc(-c3cnc(N)nc3)cc(-c3ccccc3)c2c1N. The fraction of sp³-hybridized carbons (Fsp3) is 0.215. The van der Waals surface area contributed by atoms with E-state index in [-0.39, 0.29) is 17.7 Å². The Morgan fingerprint density at radius 1 is 0.320 bits per heavy atom. The number of aromatic nitrogens is 15. The van der Waals surface area contributed by atoms with Gasteiger partial charge in [-0.3, -0.25) is 41.0 Å². The van der Waals surface area contributed by atoms with Crippen molar-refractivity contribution in [2.75, 3.05) is 96.3 Å². The summed E-state index contributed by atoms with van der Waals surface area (Å²) < 4.78 is 94.4. The molecule has 0 fully saturated rings. The van der Waals surface area contributed by atoms with Gasteiger partial charge in [0.2, 0.25) is 11.9 Å². The lowest BCUT2D eigenvalue weighted by Gasteiger charge is -2.11. The first-order valence-corrected chi connectivity index (χ1v) is 57.7. The van der Waals surface area contributed by atoms with E-state index in [1.165, 1.54) is 62.8 Å². The Hall–Kier alpha value is -13.6. The number of aryl methyl sites for hydroxylation is 2. The summed E-state index contributed by atoms with van der Waals surface area (Å²) in [6.45, 7) is 11.4. The predicted molar refractivity (Wildman–Crippen MR) is 606 cm³/mol. The molecule has 40 heteroatoms. The molecule has 3 aromatic carbocycles. The second-order valence-electron chi connectivity index (χ2n) is 33.7. The third-order valence-electron chi connectivity index (χ3n) is 23.7. The molecule has 14 N–H and O–H groups in total. The zero-order chi connectivity index (χ0) is 103. The Balaban J connectivity index is 0.000000131. The van der Waals surface area contributed by atoms with Crippen LogP contribution in [0.3, 0.4) is 0 Å². The van der Waals surface area contributed by atoms with Crippen LogP contribution >= 0.6 is 56.7 Å². The Morgan fingerprint density at radius 3 is 0.993 bits per heavy atom. The minimum atomic E-state index is -1.22. The van der Waals surface area contributed by atoms with Gasteiger partial charge in [0.05, 0.1) is 123 Å². The van der Waals surface area contributed by atoms with Gasteiger partial charge >= 0.3 is 0 Å². The molecule has 0 aliphatic carbocycles. The molecule has 0 saturated carbocycles. The van der Waals surface area contributed by atoms with Crippen LogP contribution in [0.4, 0.5) is 44.7 Å². The molecule has 0 spiro atoms. The highest BCUT2D eigenvalue weighted by atomic mass is 32.2. The van der Waals surface area contributed by atoms with Crippen molar-refractivity contribution in [3.05, 3.63) is 255 Å². The van der Waals surface area contributed by atoms with Gasteiger partial charge in [0.25, 0.3) is 0 Å². The number of thiophene rings is 5. The number of nitrogen functional groups attached to an aromatic ring is 7. The number of hydrogen-bond acceptors (Lipinski definition) is 33. The first-order chi connectivity index (χ1) is 71.4. The van der Waals surface area contributed by atoms with Gasteiger partial charge in [-0.05, 0) is 158 Å². The van der Waals surface area contributed by atoms with E-state index in [1.54, 1.807) is 94.4 Å². The van der Waals surface area contributed by atoms with Crippen LogP contribution in [0, 0.1) is 19.7 Å². The molecule has 20 aromatic rings. The summed E-state index contributed by atoms with van der Waals surface area (Å²) in [5.74, 6) is 3.75. The molecule has 0 aliphatic rings. The van der Waals surface area contributed by atoms with E-state index in [0.29, 0.717) is 143 Å². The highest BCUT2D eigenvalue weighted by Crippen LogP contribution is 2.50. The molecule has 0 saturated heterocycles. The fourth-order valence-electron chi connectivity index (χ4n) is 16.0. The average Bonchev–Trinajstić information content (AvgIpc) is 1.65. The molecule has 20 rings (SSSR count). The smallest absolute Gasteiger partial charge is 0.219 e. The lowest BCUT2D eigenvalue weighted by atomic mass is 10.00. The Morgan fingerprint density at radius 2 is 0.639 bits per heavy atom. The zero-order valence-corrected chi connectivity index (χ0v) is 89.9. The van der Waals surface area contributed by atoms with Crippen molar-refractivity contribution in [1.29, 1.82) is 0 Å². The van der Waals surface area contributed by atoms with Crippen molar-refractivity contribution >= 4 is 202 Å². The number of benzene rings is 3. The van der Waals surface area contributed by atoms with E-state index >= 15 is 0 Å². The molecule has 3 unspecified atom stereocenters. The summed E-state index contributed by atoms with van der Waals surface area (Å²) in [4.78, 5) is 65.4. The highest BCUT2D eigenvalue weighted by Gasteiger charge is 2.30. The molecular formula is C107H107FN22O7S10. The molecular weight excluding hydrogens is 2040 g/mol. The highest BCUT2D eigenvalue weighted by molar-refractivity contribution is 7.89. The average molecular weight is 2150 g/mol. The molecule has 147 heavy (non-hydrogen) atoms. The summed E-state index contributed by atoms with van der Waals surface area (Å²) in [7, 11) is -0.623. The number of fused-ring (bicyclic) bond motifs is 5. The molecule has 0 amide bonds. The molecule has 5 atom stereocenters. The molecule has 17 aromatic heterocycles. The molecule has 17 heterocycles. The normalized spacial score (nSPS) is 12.4. The number of nitrogens with zero attached hydrogens (tertiary/aromatic N) is 15. The second kappa shape index (κ2) is 49.7. The lowest BCUT2D eigenvalue weighted by molar-refractivity contribution is 0.200. The predicted octanol–water partition coefficient (Wildman–Crippen LogP) is 22.9. The standard InChI is InChI=1S/C22H20FN3OS2.C22H25N5OS2.2C21H21N5O2S2.C21H20N4OS2/c1-2-3-11-29(27)22-20(24)19-16(15-8-4-5-9-17(15)23)12-18(26-21(19)28-22)14-7-6-10-25-13-14;1-5-6-9-30(28)22-20(23)19-15(18-12-25-14(3)27(18)4)10-17(26-21(19)29-22)16-11-24-8-7-13(16)2;2*1-28-8-5-9-30(27)20-18(22)17-15(13-6-3-2-4-7-13)10-16(26-19(17)29-20)14-11-24-21(23)25-12-14;1-2-3-10-28(26)21-19(22)18-16(14-6-4-8-23-12-14)11-17(25-20(18)27-21)15-7-5-9-24-13-15/h4-10,12-13H,2-3,11,24H2,1H3;7-8,10-12H,5-6,9,23H2,1-4H3;2*2-4,6-7,10-12H,5,8-9,22H2,1H3,(H2,23,24,25);4-9,11-13H,2-3,10,22H2,1H3/t;;2*30-;/m..10./s1. The quantitative estimate of drug-likeness (QED) is 0.0193. The van der Waals surface area contributed by atoms with Crippen LogP contribution in [0.1, 0.15) is 83.5 Å². The number of halogens is 1. The fourth-order valence-corrected chi connectivity index (χ4v) is 29.7. The van der Waals surface area contributed by atoms with Crippen molar-refractivity contribution in [3.8, 4) is 112 Å². The van der Waals surface area contributed by atoms with Crippen molar-refractivity contribution in [2.45, 2.75) is 107 Å². The minimum Gasteiger partial charge on any atom is -0.396 e. The number of anilines is 7. The van der Waals surface area contributed by atoms with Crippen molar-refractivity contribution < 1.29 is 34.9 Å².